The SMILES string of the molecule is Cc1c(Cl)c(C(F)(F)F)nn1CCCNS(=O)(=O)Cc1ccccc1. The van der Waals surface area contributed by atoms with Gasteiger partial charge in [0, 0.05) is 13.1 Å². The van der Waals surface area contributed by atoms with Crippen LogP contribution in [0.15, 0.2) is 30.3 Å². The highest BCUT2D eigenvalue weighted by Gasteiger charge is 2.38. The first-order valence-corrected chi connectivity index (χ1v) is 9.44. The third-order valence-corrected chi connectivity index (χ3v) is 5.28. The molecule has 1 heterocycles. The molecule has 0 aliphatic rings. The van der Waals surface area contributed by atoms with Crippen molar-refractivity contribution in [3.63, 3.8) is 0 Å². The first-order chi connectivity index (χ1) is 11.6. The van der Waals surface area contributed by atoms with Crippen molar-refractivity contribution in [2.45, 2.75) is 31.8 Å². The first-order valence-electron chi connectivity index (χ1n) is 7.41. The maximum atomic E-state index is 12.7. The Morgan fingerprint density at radius 1 is 1.24 bits per heavy atom. The fourth-order valence-corrected chi connectivity index (χ4v) is 3.66. The molecule has 5 nitrogen and oxygen atoms in total. The van der Waals surface area contributed by atoms with Gasteiger partial charge in [-0.1, -0.05) is 41.9 Å². The summed E-state index contributed by atoms with van der Waals surface area (Å²) in [5, 5.41) is 3.03. The molecule has 25 heavy (non-hydrogen) atoms. The molecule has 138 valence electrons. The fraction of sp³-hybridized carbons (Fsp3) is 0.400. The van der Waals surface area contributed by atoms with Gasteiger partial charge >= 0.3 is 6.18 Å². The van der Waals surface area contributed by atoms with Crippen molar-refractivity contribution in [3.05, 3.63) is 52.3 Å². The Balaban J connectivity index is 1.89. The van der Waals surface area contributed by atoms with E-state index in [2.05, 4.69) is 9.82 Å². The Kier molecular flexibility index (Phi) is 6.12. The number of aromatic nitrogens is 2. The summed E-state index contributed by atoms with van der Waals surface area (Å²) >= 11 is 5.66. The van der Waals surface area contributed by atoms with E-state index in [1.165, 1.54) is 6.92 Å². The average molecular weight is 396 g/mol. The second-order valence-corrected chi connectivity index (χ2v) is 7.65. The smallest absolute Gasteiger partial charge is 0.268 e. The van der Waals surface area contributed by atoms with Crippen molar-refractivity contribution < 1.29 is 21.6 Å². The molecule has 0 amide bonds. The lowest BCUT2D eigenvalue weighted by Crippen LogP contribution is -2.27. The lowest BCUT2D eigenvalue weighted by Gasteiger charge is -2.08. The highest BCUT2D eigenvalue weighted by atomic mass is 35.5. The van der Waals surface area contributed by atoms with Crippen LogP contribution in [0.3, 0.4) is 0 Å². The molecular formula is C15H17ClF3N3O2S. The first kappa shape index (κ1) is 19.7. The minimum atomic E-state index is -4.62. The van der Waals surface area contributed by atoms with E-state index in [1.807, 2.05) is 0 Å². The summed E-state index contributed by atoms with van der Waals surface area (Å²) in [6, 6.07) is 8.68. The molecule has 10 heteroatoms. The van der Waals surface area contributed by atoms with Crippen LogP contribution in [0.2, 0.25) is 5.02 Å². The summed E-state index contributed by atoms with van der Waals surface area (Å²) < 4.78 is 65.7. The summed E-state index contributed by atoms with van der Waals surface area (Å²) in [7, 11) is -3.51. The minimum absolute atomic E-state index is 0.0907. The van der Waals surface area contributed by atoms with E-state index in [-0.39, 0.29) is 31.0 Å². The van der Waals surface area contributed by atoms with E-state index in [0.29, 0.717) is 5.56 Å². The number of aryl methyl sites for hydroxylation is 1. The Bertz CT molecular complexity index is 821. The topological polar surface area (TPSA) is 64.0 Å². The van der Waals surface area contributed by atoms with Crippen LogP contribution >= 0.6 is 11.6 Å². The Morgan fingerprint density at radius 3 is 2.44 bits per heavy atom. The highest BCUT2D eigenvalue weighted by molar-refractivity contribution is 7.88. The van der Waals surface area contributed by atoms with Gasteiger partial charge in [0.1, 0.15) is 0 Å². The maximum absolute atomic E-state index is 12.7. The van der Waals surface area contributed by atoms with Gasteiger partial charge in [0.25, 0.3) is 0 Å². The van der Waals surface area contributed by atoms with Crippen LogP contribution < -0.4 is 4.72 Å². The zero-order valence-electron chi connectivity index (χ0n) is 13.3. The van der Waals surface area contributed by atoms with E-state index in [0.717, 1.165) is 4.68 Å². The van der Waals surface area contributed by atoms with Gasteiger partial charge in [0.2, 0.25) is 10.0 Å². The van der Waals surface area contributed by atoms with E-state index in [4.69, 9.17) is 11.6 Å². The predicted octanol–water partition coefficient (Wildman–Crippen LogP) is 3.37. The van der Waals surface area contributed by atoms with Crippen LogP contribution in [-0.4, -0.2) is 24.7 Å². The molecule has 0 aliphatic heterocycles. The number of hydrogen-bond acceptors (Lipinski definition) is 3. The highest BCUT2D eigenvalue weighted by Crippen LogP contribution is 2.35. The zero-order chi connectivity index (χ0) is 18.7. The van der Waals surface area contributed by atoms with Crippen molar-refractivity contribution in [3.8, 4) is 0 Å². The van der Waals surface area contributed by atoms with Gasteiger partial charge in [0.15, 0.2) is 5.69 Å². The van der Waals surface area contributed by atoms with Crippen molar-refractivity contribution >= 4 is 21.6 Å². The van der Waals surface area contributed by atoms with Crippen LogP contribution in [0.25, 0.3) is 0 Å². The van der Waals surface area contributed by atoms with Crippen LogP contribution in [0, 0.1) is 6.92 Å². The van der Waals surface area contributed by atoms with Crippen LogP contribution in [0.4, 0.5) is 13.2 Å². The molecule has 0 saturated carbocycles. The summed E-state index contributed by atoms with van der Waals surface area (Å²) in [6.45, 7) is 1.65. The fourth-order valence-electron chi connectivity index (χ4n) is 2.22. The molecule has 2 rings (SSSR count). The number of nitrogens with zero attached hydrogens (tertiary/aromatic N) is 2. The number of sulfonamides is 1. The third kappa shape index (κ3) is 5.45. The molecule has 0 radical (unpaired) electrons. The van der Waals surface area contributed by atoms with Crippen molar-refractivity contribution in [2.75, 3.05) is 6.54 Å². The summed E-state index contributed by atoms with van der Waals surface area (Å²) in [5.74, 6) is -0.154. The second kappa shape index (κ2) is 7.76. The number of hydrogen-bond donors (Lipinski definition) is 1. The maximum Gasteiger partial charge on any atom is 0.436 e. The number of alkyl halides is 3. The molecule has 0 fully saturated rings. The van der Waals surface area contributed by atoms with Crippen molar-refractivity contribution in [1.82, 2.24) is 14.5 Å². The molecule has 0 aliphatic carbocycles. The lowest BCUT2D eigenvalue weighted by atomic mass is 10.2. The summed E-state index contributed by atoms with van der Waals surface area (Å²) in [5.41, 5.74) is -0.281. The molecule has 0 unspecified atom stereocenters. The number of rotatable bonds is 7. The molecule has 0 spiro atoms. The number of nitrogens with one attached hydrogen (secondary N) is 1. The van der Waals surface area contributed by atoms with E-state index < -0.39 is 26.9 Å². The third-order valence-electron chi connectivity index (χ3n) is 3.47. The van der Waals surface area contributed by atoms with Gasteiger partial charge in [-0.25, -0.2) is 13.1 Å². The largest absolute Gasteiger partial charge is 0.436 e. The van der Waals surface area contributed by atoms with Gasteiger partial charge in [-0.3, -0.25) is 4.68 Å². The average Bonchev–Trinajstić information content (AvgIpc) is 2.80. The summed E-state index contributed by atoms with van der Waals surface area (Å²) in [4.78, 5) is 0. The van der Waals surface area contributed by atoms with Gasteiger partial charge in [0.05, 0.1) is 16.5 Å². The summed E-state index contributed by atoms with van der Waals surface area (Å²) in [6.07, 6.45) is -4.34. The van der Waals surface area contributed by atoms with E-state index in [1.54, 1.807) is 30.3 Å². The molecule has 1 N–H and O–H groups in total. The quantitative estimate of drug-likeness (QED) is 0.731. The van der Waals surface area contributed by atoms with Gasteiger partial charge in [-0.15, -0.1) is 0 Å². The molecular weight excluding hydrogens is 379 g/mol. The molecule has 2 aromatic rings. The number of benzene rings is 1. The monoisotopic (exact) mass is 395 g/mol. The van der Waals surface area contributed by atoms with Gasteiger partial charge in [-0.2, -0.15) is 18.3 Å². The molecule has 1 aromatic heterocycles. The molecule has 1 aromatic carbocycles. The molecule has 0 atom stereocenters. The Hall–Kier alpha value is -1.58. The molecule has 0 saturated heterocycles. The Labute approximate surface area is 148 Å². The normalized spacial score (nSPS) is 12.5. The number of halogens is 4. The van der Waals surface area contributed by atoms with Crippen LogP contribution in [-0.2, 0) is 28.5 Å². The Morgan fingerprint density at radius 2 is 1.88 bits per heavy atom. The van der Waals surface area contributed by atoms with Gasteiger partial charge < -0.3 is 0 Å². The van der Waals surface area contributed by atoms with E-state index in [9.17, 15) is 21.6 Å². The predicted molar refractivity (Wildman–Crippen MR) is 88.7 cm³/mol. The van der Waals surface area contributed by atoms with Gasteiger partial charge in [-0.05, 0) is 18.9 Å². The second-order valence-electron chi connectivity index (χ2n) is 5.46. The standard InChI is InChI=1S/C15H17ClF3N3O2S/c1-11-13(16)14(15(17,18)19)21-22(11)9-5-8-20-25(23,24)10-12-6-3-2-4-7-12/h2-4,6-7,20H,5,8-10H2,1H3. The zero-order valence-corrected chi connectivity index (χ0v) is 14.9. The van der Waals surface area contributed by atoms with Crippen LogP contribution in [0.1, 0.15) is 23.4 Å². The van der Waals surface area contributed by atoms with Crippen LogP contribution in [0.5, 0.6) is 0 Å². The lowest BCUT2D eigenvalue weighted by molar-refractivity contribution is -0.141. The van der Waals surface area contributed by atoms with E-state index >= 15 is 0 Å². The van der Waals surface area contributed by atoms with Crippen molar-refractivity contribution in [2.24, 2.45) is 0 Å². The van der Waals surface area contributed by atoms with Crippen molar-refractivity contribution in [1.29, 1.82) is 0 Å². The molecule has 0 bridgehead atoms. The minimum Gasteiger partial charge on any atom is -0.268 e.